The second-order valence-corrected chi connectivity index (χ2v) is 7.97. The van der Waals surface area contributed by atoms with Crippen molar-refractivity contribution in [3.63, 3.8) is 0 Å². The fraction of sp³-hybridized carbons (Fsp3) is 0.583. The molecule has 0 bridgehead atoms. The zero-order chi connectivity index (χ0) is 21.2. The average molecular weight is 539 g/mol. The molecule has 0 radical (unpaired) electrons. The number of piperazine rings is 1. The molecule has 7 heteroatoms. The fourth-order valence-corrected chi connectivity index (χ4v) is 4.27. The van der Waals surface area contributed by atoms with E-state index in [1.165, 1.54) is 5.56 Å². The molecule has 1 atom stereocenters. The Labute approximate surface area is 205 Å². The van der Waals surface area contributed by atoms with Crippen molar-refractivity contribution in [3.8, 4) is 0 Å². The van der Waals surface area contributed by atoms with E-state index in [1.54, 1.807) is 0 Å². The van der Waals surface area contributed by atoms with Crippen LogP contribution in [0.4, 0.5) is 0 Å². The molecule has 1 N–H and O–H groups in total. The van der Waals surface area contributed by atoms with Gasteiger partial charge in [-0.25, -0.2) is 4.98 Å². The predicted molar refractivity (Wildman–Crippen MR) is 140 cm³/mol. The van der Waals surface area contributed by atoms with Crippen LogP contribution in [0.3, 0.4) is 0 Å². The maximum absolute atomic E-state index is 4.91. The largest absolute Gasteiger partial charge is 0.357 e. The van der Waals surface area contributed by atoms with Crippen molar-refractivity contribution in [1.82, 2.24) is 24.7 Å². The van der Waals surface area contributed by atoms with Gasteiger partial charge in [-0.05, 0) is 38.7 Å². The van der Waals surface area contributed by atoms with E-state index in [9.17, 15) is 0 Å². The maximum atomic E-state index is 4.91. The van der Waals surface area contributed by atoms with Crippen LogP contribution in [0.1, 0.15) is 50.5 Å². The van der Waals surface area contributed by atoms with Crippen molar-refractivity contribution >= 4 is 29.9 Å². The first-order valence-corrected chi connectivity index (χ1v) is 11.5. The number of nitrogens with zero attached hydrogens (tertiary/aromatic N) is 5. The molecule has 0 spiro atoms. The molecule has 1 aliphatic rings. The highest BCUT2D eigenvalue weighted by atomic mass is 127. The van der Waals surface area contributed by atoms with Gasteiger partial charge < -0.3 is 14.8 Å². The lowest BCUT2D eigenvalue weighted by molar-refractivity contribution is 0.127. The van der Waals surface area contributed by atoms with E-state index in [4.69, 9.17) is 4.99 Å². The first-order valence-electron chi connectivity index (χ1n) is 11.5. The van der Waals surface area contributed by atoms with Gasteiger partial charge in [0.15, 0.2) is 5.96 Å². The molecule has 1 aromatic heterocycles. The van der Waals surface area contributed by atoms with E-state index in [1.807, 2.05) is 6.20 Å². The molecular formula is C24H39IN6. The minimum atomic E-state index is 0. The van der Waals surface area contributed by atoms with Gasteiger partial charge in [-0.1, -0.05) is 37.3 Å². The molecule has 0 saturated carbocycles. The number of unbranched alkanes of at least 4 members (excludes halogenated alkanes) is 1. The van der Waals surface area contributed by atoms with Gasteiger partial charge in [0.05, 0.1) is 0 Å². The highest BCUT2D eigenvalue weighted by Crippen LogP contribution is 2.25. The Hall–Kier alpha value is -1.61. The summed E-state index contributed by atoms with van der Waals surface area (Å²) in [7, 11) is 0. The monoisotopic (exact) mass is 538 g/mol. The van der Waals surface area contributed by atoms with Crippen LogP contribution < -0.4 is 5.32 Å². The zero-order valence-electron chi connectivity index (χ0n) is 19.3. The van der Waals surface area contributed by atoms with Gasteiger partial charge in [0.25, 0.3) is 0 Å². The molecule has 0 aliphatic carbocycles. The summed E-state index contributed by atoms with van der Waals surface area (Å²) >= 11 is 0. The zero-order valence-corrected chi connectivity index (χ0v) is 21.7. The number of halogens is 1. The van der Waals surface area contributed by atoms with Crippen molar-refractivity contribution in [3.05, 3.63) is 54.1 Å². The van der Waals surface area contributed by atoms with Crippen LogP contribution >= 0.6 is 24.0 Å². The number of benzene rings is 1. The Kier molecular flexibility index (Phi) is 11.4. The van der Waals surface area contributed by atoms with Crippen molar-refractivity contribution in [1.29, 1.82) is 0 Å². The van der Waals surface area contributed by atoms with E-state index in [0.29, 0.717) is 6.04 Å². The van der Waals surface area contributed by atoms with E-state index in [0.717, 1.165) is 76.9 Å². The lowest BCUT2D eigenvalue weighted by Crippen LogP contribution is -2.53. The Bertz CT molecular complexity index is 767. The highest BCUT2D eigenvalue weighted by molar-refractivity contribution is 14.0. The van der Waals surface area contributed by atoms with Gasteiger partial charge >= 0.3 is 0 Å². The Morgan fingerprint density at radius 3 is 2.45 bits per heavy atom. The second kappa shape index (κ2) is 13.7. The molecule has 1 unspecified atom stereocenters. The van der Waals surface area contributed by atoms with Gasteiger partial charge in [-0.15, -0.1) is 24.0 Å². The van der Waals surface area contributed by atoms with Crippen LogP contribution in [0.25, 0.3) is 0 Å². The second-order valence-electron chi connectivity index (χ2n) is 7.97. The first kappa shape index (κ1) is 25.6. The molecule has 2 heterocycles. The summed E-state index contributed by atoms with van der Waals surface area (Å²) in [6, 6.07) is 11.4. The number of rotatable bonds is 9. The van der Waals surface area contributed by atoms with Crippen LogP contribution in [0.2, 0.25) is 0 Å². The summed E-state index contributed by atoms with van der Waals surface area (Å²) in [4.78, 5) is 14.3. The number of nitrogens with one attached hydrogen (secondary N) is 1. The summed E-state index contributed by atoms with van der Waals surface area (Å²) in [6.07, 6.45) is 7.30. The predicted octanol–water partition coefficient (Wildman–Crippen LogP) is 4.32. The van der Waals surface area contributed by atoms with Crippen LogP contribution in [-0.4, -0.2) is 64.6 Å². The summed E-state index contributed by atoms with van der Waals surface area (Å²) in [5.74, 6) is 2.16. The molecular weight excluding hydrogens is 499 g/mol. The number of aromatic nitrogens is 2. The smallest absolute Gasteiger partial charge is 0.194 e. The van der Waals surface area contributed by atoms with Crippen LogP contribution in [0.15, 0.2) is 47.7 Å². The molecule has 172 valence electrons. The molecule has 6 nitrogen and oxygen atoms in total. The average Bonchev–Trinajstić information content (AvgIpc) is 3.19. The Morgan fingerprint density at radius 1 is 1.10 bits per heavy atom. The van der Waals surface area contributed by atoms with Crippen LogP contribution in [0.5, 0.6) is 0 Å². The quantitative estimate of drug-likeness (QED) is 0.224. The molecule has 1 saturated heterocycles. The number of imidazole rings is 1. The Balaban J connectivity index is 0.00000341. The van der Waals surface area contributed by atoms with E-state index < -0.39 is 0 Å². The number of guanidine groups is 1. The number of hydrogen-bond acceptors (Lipinski definition) is 3. The van der Waals surface area contributed by atoms with E-state index in [2.05, 4.69) is 82.0 Å². The van der Waals surface area contributed by atoms with Gasteiger partial charge in [0.1, 0.15) is 5.82 Å². The number of aryl methyl sites for hydroxylation is 2. The third-order valence-electron chi connectivity index (χ3n) is 5.95. The van der Waals surface area contributed by atoms with E-state index in [-0.39, 0.29) is 24.0 Å². The SMILES string of the molecule is CCNC(=NCCCCn1ccnc1C)N1CCN(C(CC)c2ccccc2)CC1.I. The molecule has 0 amide bonds. The molecule has 2 aromatic rings. The molecule has 1 aliphatic heterocycles. The summed E-state index contributed by atoms with van der Waals surface area (Å²) in [5, 5.41) is 3.50. The van der Waals surface area contributed by atoms with Gasteiger partial charge in [0.2, 0.25) is 0 Å². The summed E-state index contributed by atoms with van der Waals surface area (Å²) in [6.45, 7) is 13.5. The van der Waals surface area contributed by atoms with Crippen molar-refractivity contribution in [2.45, 2.75) is 52.6 Å². The minimum absolute atomic E-state index is 0. The van der Waals surface area contributed by atoms with Gasteiger partial charge in [0, 0.05) is 64.2 Å². The lowest BCUT2D eigenvalue weighted by atomic mass is 10.0. The van der Waals surface area contributed by atoms with E-state index >= 15 is 0 Å². The number of aliphatic imine (C=N–C) groups is 1. The van der Waals surface area contributed by atoms with Gasteiger partial charge in [-0.3, -0.25) is 9.89 Å². The third kappa shape index (κ3) is 7.49. The normalized spacial score (nSPS) is 16.1. The standard InChI is InChI=1S/C24H38N6.HI/c1-4-23(22-11-7-6-8-12-22)29-17-19-30(20-18-29)24(25-5-2)27-13-9-10-15-28-16-14-26-21(28)3;/h6-8,11-12,14,16,23H,4-5,9-10,13,15,17-20H2,1-3H3,(H,25,27);1H. The Morgan fingerprint density at radius 2 is 1.84 bits per heavy atom. The first-order chi connectivity index (χ1) is 14.7. The minimum Gasteiger partial charge on any atom is -0.357 e. The topological polar surface area (TPSA) is 48.7 Å². The van der Waals surface area contributed by atoms with Gasteiger partial charge in [-0.2, -0.15) is 0 Å². The van der Waals surface area contributed by atoms with Crippen molar-refractivity contribution in [2.75, 3.05) is 39.3 Å². The number of hydrogen-bond donors (Lipinski definition) is 1. The van der Waals surface area contributed by atoms with Crippen LogP contribution in [0, 0.1) is 6.92 Å². The molecule has 3 rings (SSSR count). The highest BCUT2D eigenvalue weighted by Gasteiger charge is 2.25. The van der Waals surface area contributed by atoms with Crippen molar-refractivity contribution < 1.29 is 0 Å². The lowest BCUT2D eigenvalue weighted by Gasteiger charge is -2.40. The maximum Gasteiger partial charge on any atom is 0.194 e. The fourth-order valence-electron chi connectivity index (χ4n) is 4.27. The van der Waals surface area contributed by atoms with Crippen LogP contribution in [-0.2, 0) is 6.54 Å². The summed E-state index contributed by atoms with van der Waals surface area (Å²) < 4.78 is 2.21. The molecule has 31 heavy (non-hydrogen) atoms. The van der Waals surface area contributed by atoms with Crippen molar-refractivity contribution in [2.24, 2.45) is 4.99 Å². The third-order valence-corrected chi connectivity index (χ3v) is 5.95. The molecule has 1 fully saturated rings. The summed E-state index contributed by atoms with van der Waals surface area (Å²) in [5.41, 5.74) is 1.43. The molecule has 1 aromatic carbocycles.